The van der Waals surface area contributed by atoms with Gasteiger partial charge in [-0.2, -0.15) is 5.10 Å². The number of aliphatic hydroxyl groups excluding tert-OH is 1. The van der Waals surface area contributed by atoms with E-state index in [-0.39, 0.29) is 18.0 Å². The van der Waals surface area contributed by atoms with Crippen molar-refractivity contribution in [2.24, 2.45) is 0 Å². The van der Waals surface area contributed by atoms with Crippen LogP contribution in [0.3, 0.4) is 0 Å². The van der Waals surface area contributed by atoms with Crippen molar-refractivity contribution in [2.45, 2.75) is 6.54 Å². The van der Waals surface area contributed by atoms with Gasteiger partial charge < -0.3 is 14.7 Å². The number of nitro benzene ring substituents is 1. The van der Waals surface area contributed by atoms with Gasteiger partial charge in [0.2, 0.25) is 0 Å². The van der Waals surface area contributed by atoms with Crippen molar-refractivity contribution in [3.8, 4) is 21.9 Å². The average Bonchev–Trinajstić information content (AvgIpc) is 3.41. The summed E-state index contributed by atoms with van der Waals surface area (Å²) in [5.41, 5.74) is 1.28. The zero-order chi connectivity index (χ0) is 22.7. The van der Waals surface area contributed by atoms with Crippen molar-refractivity contribution in [3.05, 3.63) is 64.9 Å². The molecule has 3 heterocycles. The summed E-state index contributed by atoms with van der Waals surface area (Å²) in [7, 11) is 1.94. The molecular weight excluding hydrogens is 437 g/mol. The number of aromatic nitrogens is 3. The monoisotopic (exact) mass is 457 g/mol. The maximum Gasteiger partial charge on any atom is 0.272 e. The van der Waals surface area contributed by atoms with Gasteiger partial charge in [0, 0.05) is 48.1 Å². The van der Waals surface area contributed by atoms with E-state index in [0.717, 1.165) is 27.8 Å². The topological polar surface area (TPSA) is 107 Å². The fourth-order valence-electron chi connectivity index (χ4n) is 3.11. The van der Waals surface area contributed by atoms with Gasteiger partial charge in [0.25, 0.3) is 5.69 Å². The minimum Gasteiger partial charge on any atom is -0.453 e. The molecule has 0 amide bonds. The van der Waals surface area contributed by atoms with Crippen molar-refractivity contribution in [3.63, 3.8) is 0 Å². The SMILES string of the molecule is CN(CCO)CCn1cc(-c2cc3nccc(Oc4ccc([N+](=O)[O-])cc4F)c3s2)cn1. The minimum absolute atomic E-state index is 0.0992. The van der Waals surface area contributed by atoms with Crippen LogP contribution in [0.4, 0.5) is 10.1 Å². The van der Waals surface area contributed by atoms with Crippen molar-refractivity contribution < 1.29 is 19.2 Å². The zero-order valence-electron chi connectivity index (χ0n) is 17.1. The number of likely N-dealkylation sites (N-methyl/N-ethyl adjacent to an activating group) is 1. The van der Waals surface area contributed by atoms with E-state index >= 15 is 0 Å². The molecule has 1 N–H and O–H groups in total. The van der Waals surface area contributed by atoms with Gasteiger partial charge in [-0.3, -0.25) is 19.8 Å². The molecule has 32 heavy (non-hydrogen) atoms. The number of hydrogen-bond donors (Lipinski definition) is 1. The molecule has 0 aliphatic rings. The third-order valence-corrected chi connectivity index (χ3v) is 6.02. The molecule has 1 aromatic carbocycles. The van der Waals surface area contributed by atoms with Gasteiger partial charge in [0.1, 0.15) is 5.75 Å². The van der Waals surface area contributed by atoms with Gasteiger partial charge >= 0.3 is 0 Å². The second kappa shape index (κ2) is 9.39. The highest BCUT2D eigenvalue weighted by molar-refractivity contribution is 7.22. The fraction of sp³-hybridized carbons (Fsp3) is 0.238. The predicted molar refractivity (Wildman–Crippen MR) is 119 cm³/mol. The number of fused-ring (bicyclic) bond motifs is 1. The standard InChI is InChI=1S/C21H20FN5O4S/c1-25(8-9-28)6-7-26-13-14(12-24-26)20-11-17-21(32-20)19(4-5-23-17)31-18-3-2-15(27(29)30)10-16(18)22/h2-5,10-13,28H,6-9H2,1H3. The summed E-state index contributed by atoms with van der Waals surface area (Å²) < 4.78 is 22.6. The molecule has 0 unspecified atom stereocenters. The predicted octanol–water partition coefficient (Wildman–Crippen LogP) is 3.92. The highest BCUT2D eigenvalue weighted by Gasteiger charge is 2.16. The summed E-state index contributed by atoms with van der Waals surface area (Å²) in [5, 5.41) is 24.2. The van der Waals surface area contributed by atoms with E-state index in [4.69, 9.17) is 9.84 Å². The summed E-state index contributed by atoms with van der Waals surface area (Å²) in [5.74, 6) is -0.497. The number of ether oxygens (including phenoxy) is 1. The molecule has 0 spiro atoms. The molecule has 11 heteroatoms. The molecule has 4 aromatic rings. The molecule has 0 fully saturated rings. The van der Waals surface area contributed by atoms with E-state index in [1.54, 1.807) is 18.5 Å². The fourth-order valence-corrected chi connectivity index (χ4v) is 4.15. The highest BCUT2D eigenvalue weighted by atomic mass is 32.1. The van der Waals surface area contributed by atoms with Gasteiger partial charge in [-0.15, -0.1) is 11.3 Å². The van der Waals surface area contributed by atoms with E-state index in [0.29, 0.717) is 24.4 Å². The van der Waals surface area contributed by atoms with Crippen LogP contribution in [0.15, 0.2) is 48.9 Å². The van der Waals surface area contributed by atoms with Crippen LogP contribution in [0.1, 0.15) is 0 Å². The Morgan fingerprint density at radius 1 is 1.28 bits per heavy atom. The number of non-ortho nitro benzene ring substituents is 1. The number of hydrogen-bond acceptors (Lipinski definition) is 8. The Bertz CT molecular complexity index is 1260. The number of aliphatic hydroxyl groups is 1. The molecule has 166 valence electrons. The summed E-state index contributed by atoms with van der Waals surface area (Å²) in [6.45, 7) is 2.17. The lowest BCUT2D eigenvalue weighted by molar-refractivity contribution is -0.385. The van der Waals surface area contributed by atoms with E-state index in [2.05, 4.69) is 10.1 Å². The van der Waals surface area contributed by atoms with Crippen molar-refractivity contribution in [1.29, 1.82) is 0 Å². The number of rotatable bonds is 9. The number of thiophene rings is 1. The van der Waals surface area contributed by atoms with E-state index in [1.165, 1.54) is 23.5 Å². The Morgan fingerprint density at radius 3 is 2.88 bits per heavy atom. The molecule has 0 saturated heterocycles. The molecule has 9 nitrogen and oxygen atoms in total. The van der Waals surface area contributed by atoms with Crippen molar-refractivity contribution in [1.82, 2.24) is 19.7 Å². The largest absolute Gasteiger partial charge is 0.453 e. The lowest BCUT2D eigenvalue weighted by Crippen LogP contribution is -2.26. The maximum atomic E-state index is 14.3. The van der Waals surface area contributed by atoms with Crippen LogP contribution in [0.5, 0.6) is 11.5 Å². The number of pyridine rings is 1. The minimum atomic E-state index is -0.812. The molecule has 0 saturated carbocycles. The normalized spacial score (nSPS) is 11.4. The van der Waals surface area contributed by atoms with Gasteiger partial charge in [0.05, 0.1) is 40.6 Å². The van der Waals surface area contributed by atoms with Gasteiger partial charge in [-0.1, -0.05) is 0 Å². The summed E-state index contributed by atoms with van der Waals surface area (Å²) >= 11 is 1.44. The smallest absolute Gasteiger partial charge is 0.272 e. The van der Waals surface area contributed by atoms with Crippen molar-refractivity contribution >= 4 is 27.2 Å². The maximum absolute atomic E-state index is 14.3. The lowest BCUT2D eigenvalue weighted by atomic mass is 10.2. The van der Waals surface area contributed by atoms with E-state index in [9.17, 15) is 14.5 Å². The Labute approximate surface area is 186 Å². The van der Waals surface area contributed by atoms with Crippen molar-refractivity contribution in [2.75, 3.05) is 26.7 Å². The van der Waals surface area contributed by atoms with Gasteiger partial charge in [0.15, 0.2) is 11.6 Å². The van der Waals surface area contributed by atoms with Gasteiger partial charge in [-0.25, -0.2) is 4.39 Å². The Hall–Kier alpha value is -3.41. The zero-order valence-corrected chi connectivity index (χ0v) is 18.0. The molecule has 0 aliphatic heterocycles. The second-order valence-electron chi connectivity index (χ2n) is 7.13. The summed E-state index contributed by atoms with van der Waals surface area (Å²) in [4.78, 5) is 17.5. The summed E-state index contributed by atoms with van der Waals surface area (Å²) in [6.07, 6.45) is 5.28. The van der Waals surface area contributed by atoms with Crippen LogP contribution in [-0.2, 0) is 6.54 Å². The Balaban J connectivity index is 1.56. The van der Waals surface area contributed by atoms with E-state index < -0.39 is 10.7 Å². The molecule has 4 rings (SSSR count). The molecule has 0 bridgehead atoms. The number of nitrogens with zero attached hydrogens (tertiary/aromatic N) is 5. The first-order valence-electron chi connectivity index (χ1n) is 9.77. The van der Waals surface area contributed by atoms with Crippen LogP contribution < -0.4 is 4.74 Å². The molecule has 0 radical (unpaired) electrons. The van der Waals surface area contributed by atoms with Crippen LogP contribution in [-0.4, -0.2) is 56.4 Å². The first-order valence-corrected chi connectivity index (χ1v) is 10.6. The number of nitro groups is 1. The van der Waals surface area contributed by atoms with Crippen LogP contribution in [0, 0.1) is 15.9 Å². The Kier molecular flexibility index (Phi) is 6.40. The van der Waals surface area contributed by atoms with Crippen LogP contribution in [0.2, 0.25) is 0 Å². The second-order valence-corrected chi connectivity index (χ2v) is 8.18. The molecule has 0 aliphatic carbocycles. The first kappa shape index (κ1) is 21.8. The van der Waals surface area contributed by atoms with Gasteiger partial charge in [-0.05, 0) is 19.2 Å². The first-order chi connectivity index (χ1) is 15.4. The molecular formula is C21H20FN5O4S. The lowest BCUT2D eigenvalue weighted by Gasteiger charge is -2.14. The van der Waals surface area contributed by atoms with Crippen LogP contribution in [0.25, 0.3) is 20.7 Å². The van der Waals surface area contributed by atoms with E-state index in [1.807, 2.05) is 28.9 Å². The third-order valence-electron chi connectivity index (χ3n) is 4.83. The third kappa shape index (κ3) is 4.74. The average molecular weight is 457 g/mol. The highest BCUT2D eigenvalue weighted by Crippen LogP contribution is 2.39. The quantitative estimate of drug-likeness (QED) is 0.300. The molecule has 0 atom stereocenters. The molecule has 3 aromatic heterocycles. The number of halogens is 1. The summed E-state index contributed by atoms with van der Waals surface area (Å²) in [6, 6.07) is 6.82. The Morgan fingerprint density at radius 2 is 2.12 bits per heavy atom. The van der Waals surface area contributed by atoms with Crippen LogP contribution >= 0.6 is 11.3 Å². The number of benzene rings is 1.